The second-order valence-corrected chi connectivity index (χ2v) is 4.21. The van der Waals surface area contributed by atoms with E-state index in [1.54, 1.807) is 6.92 Å². The monoisotopic (exact) mass is 226 g/mol. The molecule has 0 rings (SSSR count). The standard InChI is InChI=1S/C12H22N2O2/c1-5-14(8-7-13)12(15)11(4)16-9-6-10(2)3/h10-11H,5-6,8-9H2,1-4H3/t11-/m1/s1. The van der Waals surface area contributed by atoms with Gasteiger partial charge in [-0.25, -0.2) is 0 Å². The quantitative estimate of drug-likeness (QED) is 0.622. The number of nitriles is 1. The molecule has 0 fully saturated rings. The van der Waals surface area contributed by atoms with Gasteiger partial charge >= 0.3 is 0 Å². The van der Waals surface area contributed by atoms with Crippen LogP contribution in [0.15, 0.2) is 0 Å². The van der Waals surface area contributed by atoms with Crippen LogP contribution in [-0.4, -0.2) is 36.6 Å². The smallest absolute Gasteiger partial charge is 0.252 e. The van der Waals surface area contributed by atoms with Crippen molar-refractivity contribution in [2.24, 2.45) is 5.92 Å². The second-order valence-electron chi connectivity index (χ2n) is 4.21. The van der Waals surface area contributed by atoms with E-state index in [0.29, 0.717) is 19.1 Å². The minimum atomic E-state index is -0.452. The van der Waals surface area contributed by atoms with E-state index in [1.165, 1.54) is 4.90 Å². The normalized spacial score (nSPS) is 12.2. The highest BCUT2D eigenvalue weighted by atomic mass is 16.5. The first-order valence-corrected chi connectivity index (χ1v) is 5.80. The zero-order valence-electron chi connectivity index (χ0n) is 10.7. The third-order valence-electron chi connectivity index (χ3n) is 2.37. The molecule has 0 aromatic carbocycles. The van der Waals surface area contributed by atoms with Crippen LogP contribution < -0.4 is 0 Å². The SMILES string of the molecule is CCN(CC#N)C(=O)[C@@H](C)OCCC(C)C. The molecule has 0 heterocycles. The number of carbonyl (C=O) groups is 1. The maximum Gasteiger partial charge on any atom is 0.252 e. The first kappa shape index (κ1) is 14.9. The molecule has 0 radical (unpaired) electrons. The van der Waals surface area contributed by atoms with Crippen molar-refractivity contribution >= 4 is 5.91 Å². The number of likely N-dealkylation sites (N-methyl/N-ethyl adjacent to an activating group) is 1. The van der Waals surface area contributed by atoms with Gasteiger partial charge in [0.15, 0.2) is 0 Å². The zero-order valence-corrected chi connectivity index (χ0v) is 10.7. The molecular formula is C12H22N2O2. The van der Waals surface area contributed by atoms with Crippen LogP contribution in [0.3, 0.4) is 0 Å². The lowest BCUT2D eigenvalue weighted by Gasteiger charge is -2.22. The number of rotatable bonds is 7. The maximum absolute atomic E-state index is 11.8. The Bertz CT molecular complexity index is 246. The van der Waals surface area contributed by atoms with Gasteiger partial charge in [0.05, 0.1) is 6.07 Å². The van der Waals surface area contributed by atoms with Crippen LogP contribution in [-0.2, 0) is 9.53 Å². The van der Waals surface area contributed by atoms with Gasteiger partial charge in [0, 0.05) is 13.2 Å². The van der Waals surface area contributed by atoms with Crippen molar-refractivity contribution in [1.29, 1.82) is 5.26 Å². The summed E-state index contributed by atoms with van der Waals surface area (Å²) in [6.07, 6.45) is 0.495. The minimum absolute atomic E-state index is 0.104. The molecule has 4 nitrogen and oxygen atoms in total. The second kappa shape index (κ2) is 8.12. The Morgan fingerprint density at radius 3 is 2.50 bits per heavy atom. The van der Waals surface area contributed by atoms with E-state index in [4.69, 9.17) is 10.00 Å². The molecule has 4 heteroatoms. The van der Waals surface area contributed by atoms with Crippen molar-refractivity contribution in [2.75, 3.05) is 19.7 Å². The minimum Gasteiger partial charge on any atom is -0.369 e. The molecule has 0 aliphatic heterocycles. The Balaban J connectivity index is 4.01. The maximum atomic E-state index is 11.8. The van der Waals surface area contributed by atoms with Gasteiger partial charge in [-0.3, -0.25) is 4.79 Å². The fourth-order valence-corrected chi connectivity index (χ4v) is 1.24. The summed E-state index contributed by atoms with van der Waals surface area (Å²) in [5, 5.41) is 8.56. The van der Waals surface area contributed by atoms with Gasteiger partial charge in [-0.1, -0.05) is 13.8 Å². The Kier molecular flexibility index (Phi) is 7.57. The van der Waals surface area contributed by atoms with Crippen molar-refractivity contribution in [3.05, 3.63) is 0 Å². The summed E-state index contributed by atoms with van der Waals surface area (Å²) in [5.41, 5.74) is 0. The number of ether oxygens (including phenoxy) is 1. The van der Waals surface area contributed by atoms with Crippen molar-refractivity contribution in [2.45, 2.75) is 40.2 Å². The summed E-state index contributed by atoms with van der Waals surface area (Å²) in [5.74, 6) is 0.469. The van der Waals surface area contributed by atoms with Gasteiger partial charge in [0.2, 0.25) is 0 Å². The van der Waals surface area contributed by atoms with Gasteiger partial charge in [-0.15, -0.1) is 0 Å². The van der Waals surface area contributed by atoms with Gasteiger partial charge in [0.1, 0.15) is 12.6 Å². The predicted octanol–water partition coefficient (Wildman–Crippen LogP) is 1.81. The lowest BCUT2D eigenvalue weighted by molar-refractivity contribution is -0.142. The molecule has 1 atom stereocenters. The first-order valence-electron chi connectivity index (χ1n) is 5.80. The fraction of sp³-hybridized carbons (Fsp3) is 0.833. The lowest BCUT2D eigenvalue weighted by atomic mass is 10.1. The van der Waals surface area contributed by atoms with Crippen LogP contribution in [0.1, 0.15) is 34.1 Å². The highest BCUT2D eigenvalue weighted by Gasteiger charge is 2.19. The van der Waals surface area contributed by atoms with E-state index in [2.05, 4.69) is 13.8 Å². The Morgan fingerprint density at radius 1 is 1.44 bits per heavy atom. The molecule has 0 N–H and O–H groups in total. The molecule has 0 aliphatic carbocycles. The Hall–Kier alpha value is -1.08. The predicted molar refractivity (Wildman–Crippen MR) is 62.7 cm³/mol. The largest absolute Gasteiger partial charge is 0.369 e. The number of hydrogen-bond donors (Lipinski definition) is 0. The molecule has 0 aromatic heterocycles. The van der Waals surface area contributed by atoms with E-state index in [1.807, 2.05) is 13.0 Å². The summed E-state index contributed by atoms with van der Waals surface area (Å²) in [6.45, 7) is 9.10. The number of hydrogen-bond acceptors (Lipinski definition) is 3. The number of carbonyl (C=O) groups excluding carboxylic acids is 1. The van der Waals surface area contributed by atoms with Gasteiger partial charge < -0.3 is 9.64 Å². The Labute approximate surface area is 98.2 Å². The molecule has 0 saturated heterocycles. The average molecular weight is 226 g/mol. The molecule has 0 aromatic rings. The topological polar surface area (TPSA) is 53.3 Å². The summed E-state index contributed by atoms with van der Waals surface area (Å²) in [4.78, 5) is 13.3. The zero-order chi connectivity index (χ0) is 12.6. The average Bonchev–Trinajstić information content (AvgIpc) is 2.24. The van der Waals surface area contributed by atoms with Gasteiger partial charge in [-0.2, -0.15) is 5.26 Å². The number of amides is 1. The van der Waals surface area contributed by atoms with Crippen LogP contribution in [0.2, 0.25) is 0 Å². The molecule has 1 amide bonds. The highest BCUT2D eigenvalue weighted by Crippen LogP contribution is 2.04. The van der Waals surface area contributed by atoms with Gasteiger partial charge in [-0.05, 0) is 26.2 Å². The van der Waals surface area contributed by atoms with Crippen molar-refractivity contribution in [3.63, 3.8) is 0 Å². The van der Waals surface area contributed by atoms with Crippen LogP contribution in [0.4, 0.5) is 0 Å². The first-order chi connectivity index (χ1) is 7.52. The van der Waals surface area contributed by atoms with Crippen LogP contribution >= 0.6 is 0 Å². The molecule has 0 unspecified atom stereocenters. The van der Waals surface area contributed by atoms with E-state index in [-0.39, 0.29) is 12.5 Å². The Morgan fingerprint density at radius 2 is 2.06 bits per heavy atom. The van der Waals surface area contributed by atoms with Crippen LogP contribution in [0.5, 0.6) is 0 Å². The molecule has 16 heavy (non-hydrogen) atoms. The summed E-state index contributed by atoms with van der Waals surface area (Å²) < 4.78 is 5.44. The molecular weight excluding hydrogens is 204 g/mol. The fourth-order valence-electron chi connectivity index (χ4n) is 1.24. The molecule has 0 saturated carbocycles. The van der Waals surface area contributed by atoms with Crippen molar-refractivity contribution in [3.8, 4) is 6.07 Å². The van der Waals surface area contributed by atoms with E-state index >= 15 is 0 Å². The summed E-state index contributed by atoms with van der Waals surface area (Å²) >= 11 is 0. The highest BCUT2D eigenvalue weighted by molar-refractivity contribution is 5.80. The third-order valence-corrected chi connectivity index (χ3v) is 2.37. The molecule has 92 valence electrons. The molecule has 0 bridgehead atoms. The lowest BCUT2D eigenvalue weighted by Crippen LogP contribution is -2.39. The van der Waals surface area contributed by atoms with Crippen molar-refractivity contribution in [1.82, 2.24) is 4.90 Å². The van der Waals surface area contributed by atoms with Crippen LogP contribution in [0, 0.1) is 17.2 Å². The molecule has 0 aliphatic rings. The van der Waals surface area contributed by atoms with Gasteiger partial charge in [0.25, 0.3) is 5.91 Å². The van der Waals surface area contributed by atoms with Crippen molar-refractivity contribution < 1.29 is 9.53 Å². The molecule has 0 spiro atoms. The summed E-state index contributed by atoms with van der Waals surface area (Å²) in [6, 6.07) is 1.98. The number of nitrogens with zero attached hydrogens (tertiary/aromatic N) is 2. The van der Waals surface area contributed by atoms with E-state index in [0.717, 1.165) is 6.42 Å². The summed E-state index contributed by atoms with van der Waals surface area (Å²) in [7, 11) is 0. The van der Waals surface area contributed by atoms with E-state index in [9.17, 15) is 4.79 Å². The van der Waals surface area contributed by atoms with E-state index < -0.39 is 6.10 Å². The third kappa shape index (κ3) is 5.72. The van der Waals surface area contributed by atoms with Crippen LogP contribution in [0.25, 0.3) is 0 Å².